The van der Waals surface area contributed by atoms with Gasteiger partial charge in [0.25, 0.3) is 0 Å². The van der Waals surface area contributed by atoms with E-state index in [-0.39, 0.29) is 6.04 Å². The average molecular weight is 350 g/mol. The van der Waals surface area contributed by atoms with Crippen LogP contribution in [0.15, 0.2) is 41.1 Å². The molecule has 1 heterocycles. The second-order valence-electron chi connectivity index (χ2n) is 4.82. The summed E-state index contributed by atoms with van der Waals surface area (Å²) in [4.78, 5) is 8.46. The van der Waals surface area contributed by atoms with Crippen LogP contribution >= 0.6 is 15.9 Å². The lowest BCUT2D eigenvalue weighted by atomic mass is 10.0. The molecule has 4 nitrogen and oxygen atoms in total. The van der Waals surface area contributed by atoms with Crippen molar-refractivity contribution in [3.8, 4) is 5.88 Å². The van der Waals surface area contributed by atoms with E-state index in [4.69, 9.17) is 4.74 Å². The van der Waals surface area contributed by atoms with Crippen LogP contribution in [0.3, 0.4) is 0 Å². The number of nitrogens with zero attached hydrogens (tertiary/aromatic N) is 2. The second-order valence-corrected chi connectivity index (χ2v) is 5.74. The number of rotatable bonds is 7. The Kier molecular flexibility index (Phi) is 6.14. The van der Waals surface area contributed by atoms with Gasteiger partial charge in [-0.25, -0.2) is 9.97 Å². The van der Waals surface area contributed by atoms with Gasteiger partial charge in [0.05, 0.1) is 18.8 Å². The zero-order valence-corrected chi connectivity index (χ0v) is 13.9. The van der Waals surface area contributed by atoms with Crippen LogP contribution < -0.4 is 10.1 Å². The van der Waals surface area contributed by atoms with E-state index in [1.807, 2.05) is 6.07 Å². The molecular weight excluding hydrogens is 330 g/mol. The van der Waals surface area contributed by atoms with Gasteiger partial charge in [0.15, 0.2) is 0 Å². The molecule has 2 rings (SSSR count). The van der Waals surface area contributed by atoms with Crippen LogP contribution in [-0.4, -0.2) is 23.6 Å². The maximum Gasteiger partial charge on any atom is 0.216 e. The van der Waals surface area contributed by atoms with Gasteiger partial charge >= 0.3 is 0 Å². The summed E-state index contributed by atoms with van der Waals surface area (Å²) in [5, 5.41) is 3.54. The summed E-state index contributed by atoms with van der Waals surface area (Å²) in [7, 11) is 1.62. The van der Waals surface area contributed by atoms with Crippen molar-refractivity contribution in [1.29, 1.82) is 0 Å². The molecular formula is C16H20BrN3O. The Labute approximate surface area is 134 Å². The molecule has 0 saturated carbocycles. The van der Waals surface area contributed by atoms with E-state index in [9.17, 15) is 0 Å². The van der Waals surface area contributed by atoms with Crippen LogP contribution in [0, 0.1) is 0 Å². The quantitative estimate of drug-likeness (QED) is 0.830. The SMILES string of the molecule is CCCNC(Cc1ccc(Br)cc1)c1cc(OC)ncn1. The molecule has 0 aliphatic rings. The highest BCUT2D eigenvalue weighted by molar-refractivity contribution is 9.10. The van der Waals surface area contributed by atoms with Gasteiger partial charge in [0.2, 0.25) is 5.88 Å². The number of methoxy groups -OCH3 is 1. The summed E-state index contributed by atoms with van der Waals surface area (Å²) in [5.41, 5.74) is 2.22. The molecule has 0 radical (unpaired) electrons. The van der Waals surface area contributed by atoms with Crippen LogP contribution in [0.4, 0.5) is 0 Å². The Morgan fingerprint density at radius 1 is 1.24 bits per heavy atom. The highest BCUT2D eigenvalue weighted by atomic mass is 79.9. The Morgan fingerprint density at radius 2 is 2.00 bits per heavy atom. The van der Waals surface area contributed by atoms with Crippen molar-refractivity contribution in [2.75, 3.05) is 13.7 Å². The van der Waals surface area contributed by atoms with Crippen molar-refractivity contribution in [2.24, 2.45) is 0 Å². The topological polar surface area (TPSA) is 47.0 Å². The third-order valence-corrected chi connectivity index (χ3v) is 3.75. The molecule has 0 fully saturated rings. The van der Waals surface area contributed by atoms with Gasteiger partial charge in [-0.3, -0.25) is 0 Å². The molecule has 0 bridgehead atoms. The molecule has 112 valence electrons. The van der Waals surface area contributed by atoms with Crippen LogP contribution in [0.5, 0.6) is 5.88 Å². The molecule has 0 spiro atoms. The van der Waals surface area contributed by atoms with Gasteiger partial charge in [-0.05, 0) is 37.1 Å². The summed E-state index contributed by atoms with van der Waals surface area (Å²) in [6.45, 7) is 3.11. The van der Waals surface area contributed by atoms with Crippen molar-refractivity contribution in [2.45, 2.75) is 25.8 Å². The van der Waals surface area contributed by atoms with E-state index in [0.29, 0.717) is 5.88 Å². The number of aromatic nitrogens is 2. The molecule has 1 atom stereocenters. The standard InChI is InChI=1S/C16H20BrN3O/c1-3-8-18-14(9-12-4-6-13(17)7-5-12)15-10-16(21-2)20-11-19-15/h4-7,10-11,14,18H,3,8-9H2,1-2H3. The summed E-state index contributed by atoms with van der Waals surface area (Å²) < 4.78 is 6.28. The van der Waals surface area contributed by atoms with Gasteiger partial charge in [0, 0.05) is 10.5 Å². The molecule has 1 unspecified atom stereocenters. The molecule has 1 aromatic heterocycles. The Hall–Kier alpha value is -1.46. The van der Waals surface area contributed by atoms with Crippen LogP contribution in [-0.2, 0) is 6.42 Å². The summed E-state index contributed by atoms with van der Waals surface area (Å²) >= 11 is 3.46. The van der Waals surface area contributed by atoms with Crippen molar-refractivity contribution in [3.05, 3.63) is 52.4 Å². The van der Waals surface area contributed by atoms with E-state index in [1.54, 1.807) is 13.4 Å². The van der Waals surface area contributed by atoms with Crippen molar-refractivity contribution in [3.63, 3.8) is 0 Å². The van der Waals surface area contributed by atoms with Crippen LogP contribution in [0.1, 0.15) is 30.6 Å². The molecule has 0 aliphatic carbocycles. The van der Waals surface area contributed by atoms with E-state index in [1.165, 1.54) is 5.56 Å². The third-order valence-electron chi connectivity index (χ3n) is 3.22. The van der Waals surface area contributed by atoms with Gasteiger partial charge in [-0.15, -0.1) is 0 Å². The number of nitrogens with one attached hydrogen (secondary N) is 1. The Balaban J connectivity index is 2.18. The summed E-state index contributed by atoms with van der Waals surface area (Å²) in [6, 6.07) is 10.4. The summed E-state index contributed by atoms with van der Waals surface area (Å²) in [5.74, 6) is 0.596. The zero-order chi connectivity index (χ0) is 15.1. The smallest absolute Gasteiger partial charge is 0.216 e. The fraction of sp³-hybridized carbons (Fsp3) is 0.375. The molecule has 0 aliphatic heterocycles. The monoisotopic (exact) mass is 349 g/mol. The number of hydrogen-bond acceptors (Lipinski definition) is 4. The van der Waals surface area contributed by atoms with Crippen molar-refractivity contribution >= 4 is 15.9 Å². The Bertz CT molecular complexity index is 560. The van der Waals surface area contributed by atoms with Crippen LogP contribution in [0.2, 0.25) is 0 Å². The second kappa shape index (κ2) is 8.10. The molecule has 1 aromatic carbocycles. The van der Waals surface area contributed by atoms with Gasteiger partial charge in [0.1, 0.15) is 6.33 Å². The first-order chi connectivity index (χ1) is 10.2. The molecule has 2 aromatic rings. The Morgan fingerprint density at radius 3 is 2.67 bits per heavy atom. The van der Waals surface area contributed by atoms with E-state index in [2.05, 4.69) is 62.4 Å². The van der Waals surface area contributed by atoms with Gasteiger partial charge in [-0.1, -0.05) is 35.0 Å². The first-order valence-corrected chi connectivity index (χ1v) is 7.86. The molecule has 1 N–H and O–H groups in total. The lowest BCUT2D eigenvalue weighted by Gasteiger charge is -2.18. The maximum atomic E-state index is 5.19. The first kappa shape index (κ1) is 15.9. The number of hydrogen-bond donors (Lipinski definition) is 1. The zero-order valence-electron chi connectivity index (χ0n) is 12.3. The van der Waals surface area contributed by atoms with E-state index < -0.39 is 0 Å². The predicted octanol–water partition coefficient (Wildman–Crippen LogP) is 3.53. The van der Waals surface area contributed by atoms with Gasteiger partial charge < -0.3 is 10.1 Å². The molecule has 0 saturated heterocycles. The largest absolute Gasteiger partial charge is 0.481 e. The van der Waals surface area contributed by atoms with Crippen molar-refractivity contribution < 1.29 is 4.74 Å². The highest BCUT2D eigenvalue weighted by Crippen LogP contribution is 2.20. The maximum absolute atomic E-state index is 5.19. The lowest BCUT2D eigenvalue weighted by Crippen LogP contribution is -2.25. The van der Waals surface area contributed by atoms with Crippen LogP contribution in [0.25, 0.3) is 0 Å². The highest BCUT2D eigenvalue weighted by Gasteiger charge is 2.14. The minimum absolute atomic E-state index is 0.156. The molecule has 0 amide bonds. The van der Waals surface area contributed by atoms with Crippen molar-refractivity contribution in [1.82, 2.24) is 15.3 Å². The summed E-state index contributed by atoms with van der Waals surface area (Å²) in [6.07, 6.45) is 3.52. The minimum Gasteiger partial charge on any atom is -0.481 e. The third kappa shape index (κ3) is 4.79. The number of halogens is 1. The average Bonchev–Trinajstić information content (AvgIpc) is 2.53. The predicted molar refractivity (Wildman–Crippen MR) is 87.5 cm³/mol. The van der Waals surface area contributed by atoms with Gasteiger partial charge in [-0.2, -0.15) is 0 Å². The number of ether oxygens (including phenoxy) is 1. The number of benzene rings is 1. The fourth-order valence-electron chi connectivity index (χ4n) is 2.11. The normalized spacial score (nSPS) is 12.1. The first-order valence-electron chi connectivity index (χ1n) is 7.06. The molecule has 21 heavy (non-hydrogen) atoms. The lowest BCUT2D eigenvalue weighted by molar-refractivity contribution is 0.393. The van der Waals surface area contributed by atoms with E-state index in [0.717, 1.165) is 29.6 Å². The minimum atomic E-state index is 0.156. The molecule has 5 heteroatoms. The van der Waals surface area contributed by atoms with E-state index >= 15 is 0 Å². The fourth-order valence-corrected chi connectivity index (χ4v) is 2.38.